The monoisotopic (exact) mass is 192 g/mol. The van der Waals surface area contributed by atoms with Crippen molar-refractivity contribution in [3.63, 3.8) is 0 Å². The highest BCUT2D eigenvalue weighted by atomic mass is 19.3. The molecule has 0 saturated heterocycles. The molecule has 0 spiro atoms. The molecule has 1 fully saturated rings. The van der Waals surface area contributed by atoms with Gasteiger partial charge in [0.1, 0.15) is 0 Å². The molecule has 1 rings (SSSR count). The van der Waals surface area contributed by atoms with Crippen LogP contribution in [-0.2, 0) is 0 Å². The molecule has 2 nitrogen and oxygen atoms in total. The lowest BCUT2D eigenvalue weighted by Gasteiger charge is -2.34. The molecule has 0 amide bonds. The van der Waals surface area contributed by atoms with Gasteiger partial charge in [-0.05, 0) is 19.9 Å². The van der Waals surface area contributed by atoms with Crippen molar-refractivity contribution < 1.29 is 8.78 Å². The van der Waals surface area contributed by atoms with Crippen LogP contribution >= 0.6 is 0 Å². The molecule has 0 radical (unpaired) electrons. The molecular formula is C9H18F2N2. The maximum atomic E-state index is 12.8. The molecule has 4 heteroatoms. The number of nitrogens with zero attached hydrogens (tertiary/aromatic N) is 1. The van der Waals surface area contributed by atoms with E-state index in [2.05, 4.69) is 4.90 Å². The van der Waals surface area contributed by atoms with E-state index in [1.54, 1.807) is 0 Å². The van der Waals surface area contributed by atoms with Gasteiger partial charge in [0.25, 0.3) is 0 Å². The van der Waals surface area contributed by atoms with Gasteiger partial charge in [-0.15, -0.1) is 0 Å². The minimum atomic E-state index is -2.42. The Kier molecular flexibility index (Phi) is 3.62. The van der Waals surface area contributed by atoms with Crippen LogP contribution in [-0.4, -0.2) is 37.0 Å². The molecule has 0 bridgehead atoms. The molecule has 0 aromatic rings. The van der Waals surface area contributed by atoms with Crippen LogP contribution in [0.4, 0.5) is 8.78 Å². The highest BCUT2D eigenvalue weighted by molar-refractivity contribution is 4.82. The normalized spacial score (nSPS) is 23.8. The van der Waals surface area contributed by atoms with Gasteiger partial charge in [-0.2, -0.15) is 0 Å². The van der Waals surface area contributed by atoms with E-state index in [1.165, 1.54) is 0 Å². The Hall–Kier alpha value is -0.220. The van der Waals surface area contributed by atoms with Crippen molar-refractivity contribution in [2.75, 3.05) is 20.1 Å². The van der Waals surface area contributed by atoms with Gasteiger partial charge in [-0.3, -0.25) is 0 Å². The Morgan fingerprint density at radius 3 is 2.38 bits per heavy atom. The van der Waals surface area contributed by atoms with Crippen LogP contribution in [0.25, 0.3) is 0 Å². The van der Waals surface area contributed by atoms with Crippen molar-refractivity contribution in [1.29, 1.82) is 0 Å². The summed E-state index contributed by atoms with van der Waals surface area (Å²) >= 11 is 0. The largest absolute Gasteiger partial charge is 0.329 e. The quantitative estimate of drug-likeness (QED) is 0.733. The van der Waals surface area contributed by atoms with Gasteiger partial charge in [0.15, 0.2) is 0 Å². The summed E-state index contributed by atoms with van der Waals surface area (Å²) in [6, 6.07) is 0.308. The Balaban J connectivity index is 2.32. The molecular weight excluding hydrogens is 174 g/mol. The molecule has 13 heavy (non-hydrogen) atoms. The zero-order valence-corrected chi connectivity index (χ0v) is 8.10. The lowest BCUT2D eigenvalue weighted by Crippen LogP contribution is -2.40. The molecule has 1 aliphatic rings. The zero-order valence-electron chi connectivity index (χ0n) is 8.10. The third kappa shape index (κ3) is 3.19. The average Bonchev–Trinajstić information content (AvgIpc) is 2.04. The summed E-state index contributed by atoms with van der Waals surface area (Å²) in [5.74, 6) is -2.42. The molecule has 0 aromatic carbocycles. The fourth-order valence-electron chi connectivity index (χ4n) is 1.85. The summed E-state index contributed by atoms with van der Waals surface area (Å²) in [6.07, 6.45) is 1.27. The van der Waals surface area contributed by atoms with Crippen molar-refractivity contribution in [1.82, 2.24) is 4.90 Å². The number of likely N-dealkylation sites (N-methyl/N-ethyl adjacent to an activating group) is 1. The van der Waals surface area contributed by atoms with Gasteiger partial charge in [0, 0.05) is 32.0 Å². The Labute approximate surface area is 78.1 Å². The summed E-state index contributed by atoms with van der Waals surface area (Å²) in [6.45, 7) is 1.40. The number of rotatable bonds is 3. The first kappa shape index (κ1) is 10.9. The second-order valence-corrected chi connectivity index (χ2v) is 3.86. The van der Waals surface area contributed by atoms with Gasteiger partial charge in [0.2, 0.25) is 5.92 Å². The molecule has 0 unspecified atom stereocenters. The number of alkyl halides is 2. The predicted octanol–water partition coefficient (Wildman–Crippen LogP) is 1.45. The predicted molar refractivity (Wildman–Crippen MR) is 48.9 cm³/mol. The van der Waals surface area contributed by atoms with Gasteiger partial charge in [0.05, 0.1) is 0 Å². The van der Waals surface area contributed by atoms with E-state index in [0.717, 1.165) is 6.54 Å². The van der Waals surface area contributed by atoms with Crippen molar-refractivity contribution in [2.24, 2.45) is 5.73 Å². The molecule has 0 aliphatic heterocycles. The summed E-state index contributed by atoms with van der Waals surface area (Å²) in [7, 11) is 1.96. The Morgan fingerprint density at radius 2 is 1.92 bits per heavy atom. The van der Waals surface area contributed by atoms with Crippen LogP contribution < -0.4 is 5.73 Å². The van der Waals surface area contributed by atoms with E-state index in [9.17, 15) is 8.78 Å². The average molecular weight is 192 g/mol. The fourth-order valence-corrected chi connectivity index (χ4v) is 1.85. The number of hydrogen-bond acceptors (Lipinski definition) is 2. The third-order valence-corrected chi connectivity index (χ3v) is 2.79. The Bertz CT molecular complexity index is 152. The Morgan fingerprint density at radius 1 is 1.38 bits per heavy atom. The van der Waals surface area contributed by atoms with E-state index < -0.39 is 5.92 Å². The van der Waals surface area contributed by atoms with Crippen LogP contribution in [0.15, 0.2) is 0 Å². The molecule has 1 saturated carbocycles. The molecule has 2 N–H and O–H groups in total. The molecule has 0 atom stereocenters. The molecule has 0 aromatic heterocycles. The van der Waals surface area contributed by atoms with Gasteiger partial charge in [-0.25, -0.2) is 8.78 Å². The summed E-state index contributed by atoms with van der Waals surface area (Å²) in [4.78, 5) is 2.09. The van der Waals surface area contributed by atoms with E-state index >= 15 is 0 Å². The third-order valence-electron chi connectivity index (χ3n) is 2.79. The summed E-state index contributed by atoms with van der Waals surface area (Å²) in [5, 5.41) is 0. The minimum absolute atomic E-state index is 0.0343. The maximum absolute atomic E-state index is 12.8. The molecule has 1 aliphatic carbocycles. The van der Waals surface area contributed by atoms with E-state index in [0.29, 0.717) is 25.4 Å². The van der Waals surface area contributed by atoms with Crippen LogP contribution in [0.2, 0.25) is 0 Å². The van der Waals surface area contributed by atoms with Crippen LogP contribution in [0, 0.1) is 0 Å². The SMILES string of the molecule is CN(CCN)C1CCC(F)(F)CC1. The van der Waals surface area contributed by atoms with E-state index in [-0.39, 0.29) is 12.8 Å². The highest BCUT2D eigenvalue weighted by Crippen LogP contribution is 2.34. The first-order valence-corrected chi connectivity index (χ1v) is 4.83. The van der Waals surface area contributed by atoms with E-state index in [4.69, 9.17) is 5.73 Å². The first-order valence-electron chi connectivity index (χ1n) is 4.83. The van der Waals surface area contributed by atoms with Gasteiger partial charge < -0.3 is 10.6 Å². The lowest BCUT2D eigenvalue weighted by atomic mass is 9.91. The number of hydrogen-bond donors (Lipinski definition) is 1. The van der Waals surface area contributed by atoms with Crippen LogP contribution in [0.1, 0.15) is 25.7 Å². The van der Waals surface area contributed by atoms with Crippen LogP contribution in [0.5, 0.6) is 0 Å². The van der Waals surface area contributed by atoms with Crippen molar-refractivity contribution in [3.8, 4) is 0 Å². The number of halogens is 2. The molecule has 78 valence electrons. The highest BCUT2D eigenvalue weighted by Gasteiger charge is 2.35. The standard InChI is InChI=1S/C9H18F2N2/c1-13(7-6-12)8-2-4-9(10,11)5-3-8/h8H,2-7,12H2,1H3. The van der Waals surface area contributed by atoms with Crippen molar-refractivity contribution in [3.05, 3.63) is 0 Å². The van der Waals surface area contributed by atoms with Gasteiger partial charge in [-0.1, -0.05) is 0 Å². The maximum Gasteiger partial charge on any atom is 0.248 e. The van der Waals surface area contributed by atoms with Crippen molar-refractivity contribution in [2.45, 2.75) is 37.6 Å². The summed E-state index contributed by atoms with van der Waals surface area (Å²) < 4.78 is 25.6. The van der Waals surface area contributed by atoms with Gasteiger partial charge >= 0.3 is 0 Å². The smallest absolute Gasteiger partial charge is 0.248 e. The number of nitrogens with two attached hydrogens (primary N) is 1. The minimum Gasteiger partial charge on any atom is -0.329 e. The lowest BCUT2D eigenvalue weighted by molar-refractivity contribution is -0.0509. The second-order valence-electron chi connectivity index (χ2n) is 3.86. The topological polar surface area (TPSA) is 29.3 Å². The second kappa shape index (κ2) is 4.33. The molecule has 0 heterocycles. The fraction of sp³-hybridized carbons (Fsp3) is 1.00. The van der Waals surface area contributed by atoms with E-state index in [1.807, 2.05) is 7.05 Å². The summed E-state index contributed by atoms with van der Waals surface area (Å²) in [5.41, 5.74) is 5.40. The van der Waals surface area contributed by atoms with Crippen LogP contribution in [0.3, 0.4) is 0 Å². The first-order chi connectivity index (χ1) is 6.05. The zero-order chi connectivity index (χ0) is 9.90. The van der Waals surface area contributed by atoms with Crippen molar-refractivity contribution >= 4 is 0 Å².